The van der Waals surface area contributed by atoms with Crippen molar-refractivity contribution in [3.63, 3.8) is 0 Å². The summed E-state index contributed by atoms with van der Waals surface area (Å²) >= 11 is 0. The molecule has 0 aliphatic rings. The van der Waals surface area contributed by atoms with E-state index in [0.29, 0.717) is 6.61 Å². The van der Waals surface area contributed by atoms with Crippen LogP contribution in [0.25, 0.3) is 0 Å². The summed E-state index contributed by atoms with van der Waals surface area (Å²) in [5, 5.41) is 3.45. The maximum absolute atomic E-state index is 5.78. The number of hydrogen-bond acceptors (Lipinski definition) is 2. The summed E-state index contributed by atoms with van der Waals surface area (Å²) in [6.07, 6.45) is 5.16. The predicted molar refractivity (Wildman–Crippen MR) is 89.8 cm³/mol. The molecule has 0 aliphatic heterocycles. The highest BCUT2D eigenvalue weighted by atomic mass is 16.5. The Bertz CT molecular complexity index is 493. The monoisotopic (exact) mass is 283 g/mol. The number of anilines is 1. The molecule has 0 amide bonds. The molecule has 0 radical (unpaired) electrons. The van der Waals surface area contributed by atoms with Gasteiger partial charge in [0.25, 0.3) is 0 Å². The molecule has 0 aliphatic carbocycles. The zero-order valence-corrected chi connectivity index (χ0v) is 12.8. The largest absolute Gasteiger partial charge is 0.489 e. The van der Waals surface area contributed by atoms with E-state index in [1.807, 2.05) is 30.3 Å². The molecule has 0 saturated heterocycles. The molecule has 1 N–H and O–H groups in total. The molecule has 0 saturated carbocycles. The maximum atomic E-state index is 5.78. The van der Waals surface area contributed by atoms with Gasteiger partial charge in [-0.2, -0.15) is 0 Å². The smallest absolute Gasteiger partial charge is 0.119 e. The van der Waals surface area contributed by atoms with Crippen LogP contribution >= 0.6 is 0 Å². The zero-order chi connectivity index (χ0) is 14.8. The minimum atomic E-state index is 0.616. The molecule has 0 bridgehead atoms. The third-order valence-electron chi connectivity index (χ3n) is 3.46. The fraction of sp³-hybridized carbons (Fsp3) is 0.368. The van der Waals surface area contributed by atoms with Gasteiger partial charge in [-0.05, 0) is 36.2 Å². The van der Waals surface area contributed by atoms with Gasteiger partial charge in [-0.15, -0.1) is 0 Å². The fourth-order valence-electron chi connectivity index (χ4n) is 2.19. The Morgan fingerprint density at radius 2 is 1.62 bits per heavy atom. The van der Waals surface area contributed by atoms with Crippen LogP contribution in [0.1, 0.15) is 38.2 Å². The lowest BCUT2D eigenvalue weighted by atomic mass is 10.2. The lowest BCUT2D eigenvalue weighted by Crippen LogP contribution is -2.01. The minimum Gasteiger partial charge on any atom is -0.489 e. The van der Waals surface area contributed by atoms with E-state index in [0.717, 1.165) is 12.3 Å². The van der Waals surface area contributed by atoms with Gasteiger partial charge in [-0.25, -0.2) is 0 Å². The van der Waals surface area contributed by atoms with Crippen LogP contribution in [0.3, 0.4) is 0 Å². The highest BCUT2D eigenvalue weighted by Crippen LogP contribution is 2.17. The highest BCUT2D eigenvalue weighted by Gasteiger charge is 1.97. The van der Waals surface area contributed by atoms with Crippen LogP contribution in [-0.4, -0.2) is 6.54 Å². The Kier molecular flexibility index (Phi) is 6.66. The molecule has 0 spiro atoms. The Labute approximate surface area is 128 Å². The summed E-state index contributed by atoms with van der Waals surface area (Å²) in [5.41, 5.74) is 2.36. The van der Waals surface area contributed by atoms with Gasteiger partial charge < -0.3 is 10.1 Å². The molecular weight excluding hydrogens is 258 g/mol. The van der Waals surface area contributed by atoms with E-state index >= 15 is 0 Å². The van der Waals surface area contributed by atoms with Gasteiger partial charge in [-0.1, -0.05) is 56.5 Å². The van der Waals surface area contributed by atoms with Crippen molar-refractivity contribution in [1.29, 1.82) is 0 Å². The molecule has 0 aromatic heterocycles. The van der Waals surface area contributed by atoms with Crippen molar-refractivity contribution in [2.24, 2.45) is 0 Å². The van der Waals surface area contributed by atoms with Gasteiger partial charge in [0.2, 0.25) is 0 Å². The Morgan fingerprint density at radius 3 is 2.33 bits per heavy atom. The second-order valence-electron chi connectivity index (χ2n) is 5.29. The average Bonchev–Trinajstić information content (AvgIpc) is 2.55. The van der Waals surface area contributed by atoms with E-state index in [4.69, 9.17) is 4.74 Å². The van der Waals surface area contributed by atoms with Crippen LogP contribution in [-0.2, 0) is 6.61 Å². The van der Waals surface area contributed by atoms with Crippen LogP contribution in [0, 0.1) is 0 Å². The van der Waals surface area contributed by atoms with Crippen molar-refractivity contribution in [1.82, 2.24) is 0 Å². The van der Waals surface area contributed by atoms with E-state index in [2.05, 4.69) is 36.5 Å². The van der Waals surface area contributed by atoms with Crippen LogP contribution in [0.15, 0.2) is 54.6 Å². The Balaban J connectivity index is 1.71. The Morgan fingerprint density at radius 1 is 0.857 bits per heavy atom. The molecule has 0 unspecified atom stereocenters. The van der Waals surface area contributed by atoms with E-state index in [9.17, 15) is 0 Å². The molecule has 2 aromatic rings. The van der Waals surface area contributed by atoms with E-state index in [-0.39, 0.29) is 0 Å². The topological polar surface area (TPSA) is 21.3 Å². The number of rotatable bonds is 9. The highest BCUT2D eigenvalue weighted by molar-refractivity contribution is 5.46. The number of nitrogens with one attached hydrogen (secondary N) is 1. The van der Waals surface area contributed by atoms with E-state index in [1.54, 1.807) is 0 Å². The first-order valence-electron chi connectivity index (χ1n) is 7.89. The lowest BCUT2D eigenvalue weighted by molar-refractivity contribution is 0.306. The lowest BCUT2D eigenvalue weighted by Gasteiger charge is -2.09. The van der Waals surface area contributed by atoms with Gasteiger partial charge in [0.1, 0.15) is 12.4 Å². The number of unbranched alkanes of at least 4 members (excludes halogenated alkanes) is 3. The predicted octanol–water partition coefficient (Wildman–Crippen LogP) is 5.26. The third kappa shape index (κ3) is 5.90. The fourth-order valence-corrected chi connectivity index (χ4v) is 2.19. The van der Waals surface area contributed by atoms with Gasteiger partial charge >= 0.3 is 0 Å². The van der Waals surface area contributed by atoms with Gasteiger partial charge in [-0.3, -0.25) is 0 Å². The van der Waals surface area contributed by atoms with Crippen LogP contribution in [0.2, 0.25) is 0 Å². The first-order chi connectivity index (χ1) is 10.4. The molecule has 2 heteroatoms. The van der Waals surface area contributed by atoms with Crippen molar-refractivity contribution in [2.45, 2.75) is 39.2 Å². The summed E-state index contributed by atoms with van der Waals surface area (Å²) in [7, 11) is 0. The molecule has 0 heterocycles. The molecular formula is C19H25NO. The van der Waals surface area contributed by atoms with Crippen LogP contribution in [0.4, 0.5) is 5.69 Å². The second-order valence-corrected chi connectivity index (χ2v) is 5.29. The Hall–Kier alpha value is -1.96. The first-order valence-corrected chi connectivity index (χ1v) is 7.89. The summed E-state index contributed by atoms with van der Waals surface area (Å²) in [4.78, 5) is 0. The third-order valence-corrected chi connectivity index (χ3v) is 3.46. The van der Waals surface area contributed by atoms with Crippen molar-refractivity contribution in [2.75, 3.05) is 11.9 Å². The first kappa shape index (κ1) is 15.4. The average molecular weight is 283 g/mol. The minimum absolute atomic E-state index is 0.616. The van der Waals surface area contributed by atoms with Gasteiger partial charge in [0, 0.05) is 12.2 Å². The van der Waals surface area contributed by atoms with Crippen molar-refractivity contribution < 1.29 is 4.74 Å². The standard InChI is InChI=1S/C19H25NO/c1-2-3-4-8-15-20-18-11-13-19(14-12-18)21-16-17-9-6-5-7-10-17/h5-7,9-14,20H,2-4,8,15-16H2,1H3. The number of benzene rings is 2. The van der Waals surface area contributed by atoms with Crippen LogP contribution in [0.5, 0.6) is 5.75 Å². The van der Waals surface area contributed by atoms with E-state index < -0.39 is 0 Å². The van der Waals surface area contributed by atoms with Crippen molar-refractivity contribution >= 4 is 5.69 Å². The van der Waals surface area contributed by atoms with Crippen molar-refractivity contribution in [3.05, 3.63) is 60.2 Å². The second kappa shape index (κ2) is 9.06. The summed E-state index contributed by atoms with van der Waals surface area (Å²) in [6.45, 7) is 3.90. The number of hydrogen-bond donors (Lipinski definition) is 1. The summed E-state index contributed by atoms with van der Waals surface area (Å²) in [5.74, 6) is 0.912. The normalized spacial score (nSPS) is 10.3. The SMILES string of the molecule is CCCCCCNc1ccc(OCc2ccccc2)cc1. The molecule has 0 atom stereocenters. The molecule has 112 valence electrons. The van der Waals surface area contributed by atoms with Crippen LogP contribution < -0.4 is 10.1 Å². The van der Waals surface area contributed by atoms with Crippen molar-refractivity contribution in [3.8, 4) is 5.75 Å². The summed E-state index contributed by atoms with van der Waals surface area (Å²) < 4.78 is 5.78. The van der Waals surface area contributed by atoms with E-state index in [1.165, 1.54) is 36.9 Å². The molecule has 2 aromatic carbocycles. The quantitative estimate of drug-likeness (QED) is 0.634. The van der Waals surface area contributed by atoms with Gasteiger partial charge in [0.15, 0.2) is 0 Å². The molecule has 2 rings (SSSR count). The molecule has 0 fully saturated rings. The number of ether oxygens (including phenoxy) is 1. The maximum Gasteiger partial charge on any atom is 0.119 e. The summed E-state index contributed by atoms with van der Waals surface area (Å²) in [6, 6.07) is 18.5. The molecule has 21 heavy (non-hydrogen) atoms. The van der Waals surface area contributed by atoms with Gasteiger partial charge in [0.05, 0.1) is 0 Å². The zero-order valence-electron chi connectivity index (χ0n) is 12.8. The molecule has 2 nitrogen and oxygen atoms in total.